The number of nitrogens with one attached hydrogen (secondary N) is 1. The molecule has 2 aliphatic carbocycles. The van der Waals surface area contributed by atoms with Gasteiger partial charge >= 0.3 is 5.97 Å². The lowest BCUT2D eigenvalue weighted by Gasteiger charge is -2.43. The van der Waals surface area contributed by atoms with Crippen LogP contribution in [0.15, 0.2) is 28.7 Å². The molecule has 2 saturated carbocycles. The summed E-state index contributed by atoms with van der Waals surface area (Å²) in [7, 11) is 0. The zero-order valence-electron chi connectivity index (χ0n) is 13.1. The molecule has 2 aliphatic rings. The minimum absolute atomic E-state index is 0.00937. The molecular formula is C18H22BrNO3. The minimum Gasteiger partial charge on any atom is -0.481 e. The highest BCUT2D eigenvalue weighted by atomic mass is 79.9. The molecule has 0 aliphatic heterocycles. The number of carboxylic acids is 1. The second kappa shape index (κ2) is 6.27. The third-order valence-corrected chi connectivity index (χ3v) is 6.13. The Morgan fingerprint density at radius 2 is 1.87 bits per heavy atom. The number of rotatable bonds is 6. The Morgan fingerprint density at radius 1 is 1.17 bits per heavy atom. The molecule has 2 N–H and O–H groups in total. The molecule has 1 aromatic carbocycles. The summed E-state index contributed by atoms with van der Waals surface area (Å²) < 4.78 is 1.05. The Labute approximate surface area is 144 Å². The largest absolute Gasteiger partial charge is 0.481 e. The highest BCUT2D eigenvalue weighted by Crippen LogP contribution is 2.45. The molecular weight excluding hydrogens is 358 g/mol. The van der Waals surface area contributed by atoms with Crippen LogP contribution in [0.25, 0.3) is 0 Å². The molecule has 0 radical (unpaired) electrons. The Bertz CT molecular complexity index is 620. The first-order valence-corrected chi connectivity index (χ1v) is 9.01. The monoisotopic (exact) mass is 379 g/mol. The molecule has 0 atom stereocenters. The van der Waals surface area contributed by atoms with Gasteiger partial charge in [-0.3, -0.25) is 9.59 Å². The Kier molecular flexibility index (Phi) is 4.50. The maximum atomic E-state index is 12.3. The molecule has 3 rings (SSSR count). The lowest BCUT2D eigenvalue weighted by molar-refractivity contribution is -0.157. The lowest BCUT2D eigenvalue weighted by atomic mass is 9.64. The summed E-state index contributed by atoms with van der Waals surface area (Å²) in [6.45, 7) is 0.595. The van der Waals surface area contributed by atoms with Crippen molar-refractivity contribution < 1.29 is 14.7 Å². The van der Waals surface area contributed by atoms with E-state index in [1.807, 2.05) is 12.1 Å². The van der Waals surface area contributed by atoms with E-state index in [9.17, 15) is 14.7 Å². The highest BCUT2D eigenvalue weighted by molar-refractivity contribution is 9.10. The number of hydrogen-bond donors (Lipinski definition) is 2. The standard InChI is InChI=1S/C18H22BrNO3/c19-14-5-1-4-13(10-14)18(8-3-9-18)12-20-15(21)11-17(16(22)23)6-2-7-17/h1,4-5,10H,2-3,6-9,11-12H2,(H,20,21)(H,22,23). The molecule has 0 aromatic heterocycles. The number of carbonyl (C=O) groups excluding carboxylic acids is 1. The summed E-state index contributed by atoms with van der Waals surface area (Å²) in [6, 6.07) is 8.26. The third-order valence-electron chi connectivity index (χ3n) is 5.63. The maximum absolute atomic E-state index is 12.3. The van der Waals surface area contributed by atoms with E-state index in [0.29, 0.717) is 19.4 Å². The molecule has 1 amide bonds. The van der Waals surface area contributed by atoms with Crippen LogP contribution in [-0.2, 0) is 15.0 Å². The molecule has 1 aromatic rings. The molecule has 0 saturated heterocycles. The van der Waals surface area contributed by atoms with Gasteiger partial charge in [0.1, 0.15) is 0 Å². The van der Waals surface area contributed by atoms with Crippen molar-refractivity contribution in [1.29, 1.82) is 0 Å². The van der Waals surface area contributed by atoms with Crippen molar-refractivity contribution in [2.75, 3.05) is 6.54 Å². The van der Waals surface area contributed by atoms with Crippen molar-refractivity contribution in [2.24, 2.45) is 5.41 Å². The van der Waals surface area contributed by atoms with Gasteiger partial charge in [-0.25, -0.2) is 0 Å². The van der Waals surface area contributed by atoms with Gasteiger partial charge in [0.2, 0.25) is 5.91 Å². The van der Waals surface area contributed by atoms with Crippen molar-refractivity contribution >= 4 is 27.8 Å². The fourth-order valence-electron chi connectivity index (χ4n) is 3.70. The van der Waals surface area contributed by atoms with E-state index >= 15 is 0 Å². The summed E-state index contributed by atoms with van der Waals surface area (Å²) in [6.07, 6.45) is 5.54. The van der Waals surface area contributed by atoms with Crippen LogP contribution in [0.4, 0.5) is 0 Å². The zero-order chi connectivity index (χ0) is 16.5. The molecule has 4 nitrogen and oxygen atoms in total. The highest BCUT2D eigenvalue weighted by Gasteiger charge is 2.46. The Hall–Kier alpha value is -1.36. The van der Waals surface area contributed by atoms with Crippen LogP contribution in [-0.4, -0.2) is 23.5 Å². The van der Waals surface area contributed by atoms with Gasteiger partial charge in [0.05, 0.1) is 5.41 Å². The Morgan fingerprint density at radius 3 is 2.35 bits per heavy atom. The van der Waals surface area contributed by atoms with Crippen LogP contribution in [0.2, 0.25) is 0 Å². The van der Waals surface area contributed by atoms with Gasteiger partial charge in [-0.15, -0.1) is 0 Å². The second-order valence-electron chi connectivity index (χ2n) is 7.04. The van der Waals surface area contributed by atoms with Crippen molar-refractivity contribution in [1.82, 2.24) is 5.32 Å². The molecule has 2 fully saturated rings. The Balaban J connectivity index is 1.62. The molecule has 0 bridgehead atoms. The van der Waals surface area contributed by atoms with Gasteiger partial charge < -0.3 is 10.4 Å². The topological polar surface area (TPSA) is 66.4 Å². The predicted octanol–water partition coefficient (Wildman–Crippen LogP) is 3.63. The molecule has 124 valence electrons. The minimum atomic E-state index is -0.829. The molecule has 23 heavy (non-hydrogen) atoms. The van der Waals surface area contributed by atoms with E-state index < -0.39 is 11.4 Å². The smallest absolute Gasteiger partial charge is 0.310 e. The SMILES string of the molecule is O=C(CC1(C(=O)O)CCC1)NCC1(c2cccc(Br)c2)CCC1. The number of hydrogen-bond acceptors (Lipinski definition) is 2. The first-order valence-electron chi connectivity index (χ1n) is 8.22. The molecule has 0 unspecified atom stereocenters. The van der Waals surface area contributed by atoms with E-state index in [1.54, 1.807) is 0 Å². The van der Waals surface area contributed by atoms with Gasteiger partial charge in [-0.1, -0.05) is 40.9 Å². The van der Waals surface area contributed by atoms with Crippen molar-refractivity contribution in [3.8, 4) is 0 Å². The number of benzene rings is 1. The van der Waals surface area contributed by atoms with Gasteiger partial charge in [0.15, 0.2) is 0 Å². The fraction of sp³-hybridized carbons (Fsp3) is 0.556. The van der Waals surface area contributed by atoms with Gasteiger partial charge in [-0.05, 0) is 43.4 Å². The second-order valence-corrected chi connectivity index (χ2v) is 7.95. The van der Waals surface area contributed by atoms with Crippen LogP contribution in [0, 0.1) is 5.41 Å². The van der Waals surface area contributed by atoms with Crippen LogP contribution < -0.4 is 5.32 Å². The molecule has 0 heterocycles. The van der Waals surface area contributed by atoms with Crippen LogP contribution in [0.5, 0.6) is 0 Å². The number of carbonyl (C=O) groups is 2. The van der Waals surface area contributed by atoms with Gasteiger partial charge in [-0.2, -0.15) is 0 Å². The van der Waals surface area contributed by atoms with E-state index in [2.05, 4.69) is 33.4 Å². The molecule has 5 heteroatoms. The van der Waals surface area contributed by atoms with Crippen LogP contribution in [0.1, 0.15) is 50.5 Å². The third kappa shape index (κ3) is 3.16. The number of aliphatic carboxylic acids is 1. The first-order chi connectivity index (χ1) is 11.0. The first kappa shape index (κ1) is 16.5. The van der Waals surface area contributed by atoms with Gasteiger partial charge in [0, 0.05) is 22.9 Å². The number of halogens is 1. The van der Waals surface area contributed by atoms with E-state index in [0.717, 1.165) is 23.7 Å². The zero-order valence-corrected chi connectivity index (χ0v) is 14.7. The van der Waals surface area contributed by atoms with Gasteiger partial charge in [0.25, 0.3) is 0 Å². The fourth-order valence-corrected chi connectivity index (χ4v) is 4.10. The van der Waals surface area contributed by atoms with E-state index in [4.69, 9.17) is 0 Å². The maximum Gasteiger partial charge on any atom is 0.310 e. The average Bonchev–Trinajstić information content (AvgIpc) is 2.41. The van der Waals surface area contributed by atoms with Crippen LogP contribution >= 0.6 is 15.9 Å². The average molecular weight is 380 g/mol. The van der Waals surface area contributed by atoms with Crippen molar-refractivity contribution in [3.63, 3.8) is 0 Å². The quantitative estimate of drug-likeness (QED) is 0.792. The predicted molar refractivity (Wildman–Crippen MR) is 91.2 cm³/mol. The summed E-state index contributed by atoms with van der Waals surface area (Å²) >= 11 is 3.51. The summed E-state index contributed by atoms with van der Waals surface area (Å²) in [4.78, 5) is 23.6. The lowest BCUT2D eigenvalue weighted by Crippen LogP contribution is -2.48. The number of amides is 1. The van der Waals surface area contributed by atoms with Crippen LogP contribution in [0.3, 0.4) is 0 Å². The molecule has 0 spiro atoms. The van der Waals surface area contributed by atoms with E-state index in [-0.39, 0.29) is 17.7 Å². The summed E-state index contributed by atoms with van der Waals surface area (Å²) in [5.74, 6) is -0.961. The van der Waals surface area contributed by atoms with E-state index in [1.165, 1.54) is 12.0 Å². The normalized spacial score (nSPS) is 20.9. The van der Waals surface area contributed by atoms with Crippen molar-refractivity contribution in [3.05, 3.63) is 34.3 Å². The number of carboxylic acid groups (broad SMARTS) is 1. The summed E-state index contributed by atoms with van der Waals surface area (Å²) in [5, 5.41) is 12.3. The van der Waals surface area contributed by atoms with Crippen molar-refractivity contribution in [2.45, 2.75) is 50.4 Å². The summed E-state index contributed by atoms with van der Waals surface area (Å²) in [5.41, 5.74) is 0.442.